The van der Waals surface area contributed by atoms with Gasteiger partial charge in [-0.15, -0.1) is 0 Å². The molecule has 0 bridgehead atoms. The van der Waals surface area contributed by atoms with Crippen LogP contribution in [0.25, 0.3) is 43.8 Å². The fraction of sp³-hybridized carbons (Fsp3) is 0.103. The summed E-state index contributed by atoms with van der Waals surface area (Å²) in [5.74, 6) is 0. The fourth-order valence-electron chi connectivity index (χ4n) is 5.07. The number of halogens is 1. The summed E-state index contributed by atoms with van der Waals surface area (Å²) in [6.45, 7) is 4.74. The largest absolute Gasteiger partial charge is 0.0622 e. The van der Waals surface area contributed by atoms with Crippen molar-refractivity contribution < 1.29 is 0 Å². The van der Waals surface area contributed by atoms with Crippen LogP contribution in [0.2, 0.25) is 0 Å². The van der Waals surface area contributed by atoms with Crippen molar-refractivity contribution >= 4 is 37.5 Å². The Kier molecular flexibility index (Phi) is 3.76. The molecular formula is C29H21Br. The minimum atomic E-state index is -0.0314. The molecule has 0 aromatic heterocycles. The molecule has 0 N–H and O–H groups in total. The lowest BCUT2D eigenvalue weighted by Crippen LogP contribution is -2.15. The summed E-state index contributed by atoms with van der Waals surface area (Å²) in [6, 6.07) is 33.5. The lowest BCUT2D eigenvalue weighted by molar-refractivity contribution is 0.663. The Bertz CT molecular complexity index is 1440. The predicted molar refractivity (Wildman–Crippen MR) is 132 cm³/mol. The molecule has 0 spiro atoms. The van der Waals surface area contributed by atoms with Crippen molar-refractivity contribution in [1.29, 1.82) is 0 Å². The zero-order chi connectivity index (χ0) is 20.5. The molecule has 0 radical (unpaired) electrons. The van der Waals surface area contributed by atoms with E-state index in [1.54, 1.807) is 0 Å². The number of benzene rings is 5. The number of hydrogen-bond donors (Lipinski definition) is 0. The molecule has 1 aliphatic carbocycles. The van der Waals surface area contributed by atoms with Gasteiger partial charge in [0.2, 0.25) is 0 Å². The first kappa shape index (κ1) is 17.9. The molecule has 0 amide bonds. The molecule has 0 nitrogen and oxygen atoms in total. The maximum Gasteiger partial charge on any atom is 0.0175 e. The SMILES string of the molecule is CC1(C)c2cc(-c3ccccc3)cc3ccc4cc(-c5ccc(Br)cc5)cc1c4c23. The maximum atomic E-state index is 3.56. The molecule has 6 rings (SSSR count). The smallest absolute Gasteiger partial charge is 0.0175 e. The van der Waals surface area contributed by atoms with Gasteiger partial charge in [0, 0.05) is 9.89 Å². The molecule has 0 saturated heterocycles. The average Bonchev–Trinajstić information content (AvgIpc) is 3.01. The number of rotatable bonds is 2. The van der Waals surface area contributed by atoms with E-state index < -0.39 is 0 Å². The lowest BCUT2D eigenvalue weighted by Gasteiger charge is -2.23. The van der Waals surface area contributed by atoms with Crippen LogP contribution in [-0.2, 0) is 5.41 Å². The Morgan fingerprint density at radius 2 is 1.03 bits per heavy atom. The molecule has 144 valence electrons. The third-order valence-corrected chi connectivity index (χ3v) is 7.19. The van der Waals surface area contributed by atoms with E-state index in [2.05, 4.69) is 121 Å². The van der Waals surface area contributed by atoms with Crippen molar-refractivity contribution in [3.8, 4) is 22.3 Å². The predicted octanol–water partition coefficient (Wildman–Crippen LogP) is 8.73. The molecule has 0 atom stereocenters. The normalized spacial score (nSPS) is 14.1. The molecule has 5 aromatic rings. The fourth-order valence-corrected chi connectivity index (χ4v) is 5.33. The van der Waals surface area contributed by atoms with Gasteiger partial charge in [-0.1, -0.05) is 84.4 Å². The second-order valence-corrected chi connectivity index (χ2v) is 9.72. The number of hydrogen-bond acceptors (Lipinski definition) is 0. The van der Waals surface area contributed by atoms with Gasteiger partial charge < -0.3 is 0 Å². The van der Waals surface area contributed by atoms with Gasteiger partial charge in [-0.25, -0.2) is 0 Å². The highest BCUT2D eigenvalue weighted by atomic mass is 79.9. The summed E-state index contributed by atoms with van der Waals surface area (Å²) in [7, 11) is 0. The van der Waals surface area contributed by atoms with Crippen LogP contribution in [-0.4, -0.2) is 0 Å². The van der Waals surface area contributed by atoms with Crippen LogP contribution in [0.15, 0.2) is 95.5 Å². The van der Waals surface area contributed by atoms with Crippen molar-refractivity contribution in [2.45, 2.75) is 19.3 Å². The zero-order valence-corrected chi connectivity index (χ0v) is 18.6. The van der Waals surface area contributed by atoms with Crippen molar-refractivity contribution in [1.82, 2.24) is 0 Å². The molecule has 5 aromatic carbocycles. The summed E-state index contributed by atoms with van der Waals surface area (Å²) in [5, 5.41) is 5.52. The second-order valence-electron chi connectivity index (χ2n) is 8.81. The van der Waals surface area contributed by atoms with Gasteiger partial charge >= 0.3 is 0 Å². The molecule has 0 aliphatic heterocycles. The molecule has 0 unspecified atom stereocenters. The van der Waals surface area contributed by atoms with Gasteiger partial charge in [-0.2, -0.15) is 0 Å². The van der Waals surface area contributed by atoms with Crippen LogP contribution in [0.3, 0.4) is 0 Å². The monoisotopic (exact) mass is 448 g/mol. The first-order valence-electron chi connectivity index (χ1n) is 10.4. The van der Waals surface area contributed by atoms with Gasteiger partial charge in [0.05, 0.1) is 0 Å². The highest BCUT2D eigenvalue weighted by Crippen LogP contribution is 2.51. The van der Waals surface area contributed by atoms with Crippen LogP contribution in [0.1, 0.15) is 25.0 Å². The summed E-state index contributed by atoms with van der Waals surface area (Å²) in [4.78, 5) is 0. The Hall–Kier alpha value is -2.90. The van der Waals surface area contributed by atoms with E-state index >= 15 is 0 Å². The van der Waals surface area contributed by atoms with Crippen LogP contribution in [0.5, 0.6) is 0 Å². The third kappa shape index (κ3) is 2.52. The van der Waals surface area contributed by atoms with Gasteiger partial charge in [0.25, 0.3) is 0 Å². The highest BCUT2D eigenvalue weighted by molar-refractivity contribution is 9.10. The van der Waals surface area contributed by atoms with Crippen molar-refractivity contribution in [3.63, 3.8) is 0 Å². The van der Waals surface area contributed by atoms with Crippen LogP contribution < -0.4 is 0 Å². The van der Waals surface area contributed by atoms with E-state index in [1.165, 1.54) is 54.9 Å². The molecular weight excluding hydrogens is 428 g/mol. The molecule has 0 heterocycles. The quantitative estimate of drug-likeness (QED) is 0.236. The molecule has 0 fully saturated rings. The van der Waals surface area contributed by atoms with Gasteiger partial charge in [0.15, 0.2) is 0 Å². The van der Waals surface area contributed by atoms with E-state index in [9.17, 15) is 0 Å². The maximum absolute atomic E-state index is 3.56. The van der Waals surface area contributed by atoms with Crippen LogP contribution in [0, 0.1) is 0 Å². The Balaban J connectivity index is 1.64. The van der Waals surface area contributed by atoms with Gasteiger partial charge in [0.1, 0.15) is 0 Å². The van der Waals surface area contributed by atoms with Crippen molar-refractivity contribution in [3.05, 3.63) is 107 Å². The summed E-state index contributed by atoms with van der Waals surface area (Å²) in [5.41, 5.74) is 7.96. The first-order valence-corrected chi connectivity index (χ1v) is 11.2. The zero-order valence-electron chi connectivity index (χ0n) is 17.0. The summed E-state index contributed by atoms with van der Waals surface area (Å²) >= 11 is 3.56. The lowest BCUT2D eigenvalue weighted by atomic mass is 9.80. The molecule has 1 aliphatic rings. The van der Waals surface area contributed by atoms with Gasteiger partial charge in [-0.05, 0) is 91.3 Å². The first-order chi connectivity index (χ1) is 14.5. The summed E-state index contributed by atoms with van der Waals surface area (Å²) < 4.78 is 1.11. The minimum absolute atomic E-state index is 0.0314. The Morgan fingerprint density at radius 3 is 1.57 bits per heavy atom. The van der Waals surface area contributed by atoms with Crippen molar-refractivity contribution in [2.24, 2.45) is 0 Å². The van der Waals surface area contributed by atoms with E-state index in [1.807, 2.05) is 0 Å². The molecule has 1 heteroatoms. The third-order valence-electron chi connectivity index (χ3n) is 6.66. The summed E-state index contributed by atoms with van der Waals surface area (Å²) in [6.07, 6.45) is 0. The van der Waals surface area contributed by atoms with Crippen LogP contribution >= 0.6 is 15.9 Å². The topological polar surface area (TPSA) is 0 Å². The standard InChI is InChI=1S/C29H21Br/c1-29(2)25-16-22(18-6-4-3-5-7-18)14-20-8-9-21-15-23(17-26(29)28(21)27(20)25)19-10-12-24(30)13-11-19/h3-17H,1-2H3. The Labute approximate surface area is 185 Å². The second kappa shape index (κ2) is 6.30. The average molecular weight is 449 g/mol. The van der Waals surface area contributed by atoms with E-state index in [4.69, 9.17) is 0 Å². The van der Waals surface area contributed by atoms with Crippen LogP contribution in [0.4, 0.5) is 0 Å². The molecule has 30 heavy (non-hydrogen) atoms. The minimum Gasteiger partial charge on any atom is -0.0622 e. The van der Waals surface area contributed by atoms with E-state index in [-0.39, 0.29) is 5.41 Å². The highest BCUT2D eigenvalue weighted by Gasteiger charge is 2.34. The van der Waals surface area contributed by atoms with E-state index in [0.717, 1.165) is 4.47 Å². The molecule has 0 saturated carbocycles. The van der Waals surface area contributed by atoms with Crippen molar-refractivity contribution in [2.75, 3.05) is 0 Å². The van der Waals surface area contributed by atoms with Gasteiger partial charge in [-0.3, -0.25) is 0 Å². The van der Waals surface area contributed by atoms with E-state index in [0.29, 0.717) is 0 Å². The Morgan fingerprint density at radius 1 is 0.533 bits per heavy atom.